The number of aromatic nitrogens is 3. The number of ether oxygens (including phenoxy) is 2. The fourth-order valence-electron chi connectivity index (χ4n) is 4.12. The van der Waals surface area contributed by atoms with Crippen molar-refractivity contribution in [3.05, 3.63) is 54.0 Å². The number of pyridine rings is 1. The van der Waals surface area contributed by atoms with E-state index in [2.05, 4.69) is 40.4 Å². The van der Waals surface area contributed by atoms with E-state index < -0.39 is 0 Å². The van der Waals surface area contributed by atoms with E-state index in [0.29, 0.717) is 36.3 Å². The van der Waals surface area contributed by atoms with Crippen molar-refractivity contribution in [3.8, 4) is 22.8 Å². The highest BCUT2D eigenvalue weighted by Crippen LogP contribution is 2.32. The molecule has 176 valence electrons. The Morgan fingerprint density at radius 1 is 1.18 bits per heavy atom. The molecule has 0 saturated carbocycles. The molecule has 0 radical (unpaired) electrons. The number of aromatic amines is 2. The first-order valence-electron chi connectivity index (χ1n) is 11.4. The van der Waals surface area contributed by atoms with Crippen LogP contribution in [0, 0.1) is 5.92 Å². The molecule has 0 saturated heterocycles. The summed E-state index contributed by atoms with van der Waals surface area (Å²) in [6, 6.07) is 11.5. The van der Waals surface area contributed by atoms with Crippen LogP contribution in [0.5, 0.6) is 11.5 Å². The summed E-state index contributed by atoms with van der Waals surface area (Å²) in [5, 5.41) is 10.7. The van der Waals surface area contributed by atoms with Crippen LogP contribution in [-0.2, 0) is 17.6 Å². The van der Waals surface area contributed by atoms with E-state index in [1.54, 1.807) is 6.07 Å². The van der Waals surface area contributed by atoms with Crippen molar-refractivity contribution in [1.82, 2.24) is 10.2 Å². The molecule has 0 bridgehead atoms. The van der Waals surface area contributed by atoms with Crippen molar-refractivity contribution in [1.29, 1.82) is 0 Å². The van der Waals surface area contributed by atoms with Gasteiger partial charge in [0.15, 0.2) is 23.4 Å². The van der Waals surface area contributed by atoms with Gasteiger partial charge in [-0.15, -0.1) is 0 Å². The molecule has 1 aromatic carbocycles. The summed E-state index contributed by atoms with van der Waals surface area (Å²) in [5.41, 5.74) is 4.42. The predicted molar refractivity (Wildman–Crippen MR) is 123 cm³/mol. The summed E-state index contributed by atoms with van der Waals surface area (Å²) in [5.74, 6) is 1.90. The molecule has 1 unspecified atom stereocenters. The van der Waals surface area contributed by atoms with Crippen molar-refractivity contribution in [2.24, 2.45) is 5.92 Å². The van der Waals surface area contributed by atoms with Gasteiger partial charge in [0.05, 0.1) is 11.3 Å². The second-order valence-corrected chi connectivity index (χ2v) is 8.19. The monoisotopic (exact) mass is 470 g/mol. The maximum atomic E-state index is 12.8. The van der Waals surface area contributed by atoms with Crippen LogP contribution in [0.2, 0.25) is 0 Å². The van der Waals surface area contributed by atoms with Crippen LogP contribution >= 0.6 is 0 Å². The predicted octanol–water partition coefficient (Wildman–Crippen LogP) is 1.22. The first-order valence-corrected chi connectivity index (χ1v) is 11.4. The van der Waals surface area contributed by atoms with E-state index in [9.17, 15) is 4.79 Å². The van der Waals surface area contributed by atoms with Crippen LogP contribution in [0.4, 0.5) is 5.69 Å². The van der Waals surface area contributed by atoms with E-state index in [-0.39, 0.29) is 24.7 Å². The van der Waals surface area contributed by atoms with E-state index in [4.69, 9.17) is 9.47 Å². The summed E-state index contributed by atoms with van der Waals surface area (Å²) < 4.78 is 11.1. The maximum Gasteiger partial charge on any atom is 0.234 e. The number of nitrogens with zero attached hydrogens (tertiary/aromatic N) is 1. The first kappa shape index (κ1) is 24.6. The number of carbonyl (C=O) groups excluding carboxylic acids is 1. The molecule has 1 aliphatic rings. The lowest BCUT2D eigenvalue weighted by atomic mass is 9.95. The molecule has 0 aliphatic carbocycles. The van der Waals surface area contributed by atoms with Gasteiger partial charge in [0, 0.05) is 23.5 Å². The molecule has 1 atom stereocenters. The summed E-state index contributed by atoms with van der Waals surface area (Å²) in [4.78, 5) is 16.0. The molecule has 3 heterocycles. The summed E-state index contributed by atoms with van der Waals surface area (Å²) in [7, 11) is 0. The number of rotatable bonds is 9. The third-order valence-electron chi connectivity index (χ3n) is 5.79. The van der Waals surface area contributed by atoms with Crippen molar-refractivity contribution in [2.45, 2.75) is 46.0 Å². The lowest BCUT2D eigenvalue weighted by Gasteiger charge is -2.18. The molecule has 3 aromatic rings. The highest BCUT2D eigenvalue weighted by Gasteiger charge is 2.19. The SMILES string of the molecule is CCCC(CC)Cc1cc(-c2ccc[nH+]c2CC(=O)Nc2ccc3c(c2)OCCO3)n[nH]1.[Cl-]. The zero-order chi connectivity index (χ0) is 22.3. The van der Waals surface area contributed by atoms with Crippen LogP contribution < -0.4 is 32.2 Å². The molecule has 0 fully saturated rings. The number of carbonyl (C=O) groups is 1. The Labute approximate surface area is 200 Å². The fourth-order valence-corrected chi connectivity index (χ4v) is 4.12. The van der Waals surface area contributed by atoms with Gasteiger partial charge in [0.1, 0.15) is 19.6 Å². The highest BCUT2D eigenvalue weighted by atomic mass is 35.5. The van der Waals surface area contributed by atoms with Gasteiger partial charge < -0.3 is 27.2 Å². The molecule has 7 nitrogen and oxygen atoms in total. The standard InChI is InChI=1S/C25H30N4O3.ClH/c1-3-6-17(4-2)13-19-14-22(29-28-19)20-7-5-10-26-21(20)16-25(30)27-18-8-9-23-24(15-18)32-12-11-31-23;/h5,7-10,14-15,17H,3-4,6,11-13,16H2,1-2H3,(H,27,30)(H,28,29);1H. The molecule has 4 rings (SSSR count). The fraction of sp³-hybridized carbons (Fsp3) is 0.400. The number of amides is 1. The number of H-pyrrole nitrogens is 2. The molecule has 8 heteroatoms. The minimum absolute atomic E-state index is 0. The van der Waals surface area contributed by atoms with Crippen LogP contribution in [-0.4, -0.2) is 29.3 Å². The van der Waals surface area contributed by atoms with Crippen molar-refractivity contribution >= 4 is 11.6 Å². The minimum atomic E-state index is -0.116. The zero-order valence-corrected chi connectivity index (χ0v) is 19.9. The average molecular weight is 471 g/mol. The molecule has 0 spiro atoms. The third-order valence-corrected chi connectivity index (χ3v) is 5.79. The number of halogens is 1. The Hall–Kier alpha value is -3.06. The third kappa shape index (κ3) is 6.26. The molecule has 33 heavy (non-hydrogen) atoms. The van der Waals surface area contributed by atoms with E-state index in [0.717, 1.165) is 35.5 Å². The largest absolute Gasteiger partial charge is 1.00 e. The van der Waals surface area contributed by atoms with E-state index in [1.807, 2.05) is 30.5 Å². The van der Waals surface area contributed by atoms with Gasteiger partial charge in [-0.1, -0.05) is 33.1 Å². The second kappa shape index (κ2) is 11.7. The van der Waals surface area contributed by atoms with Gasteiger partial charge in [-0.3, -0.25) is 9.89 Å². The lowest BCUT2D eigenvalue weighted by Crippen LogP contribution is -3.00. The maximum absolute atomic E-state index is 12.8. The van der Waals surface area contributed by atoms with Gasteiger partial charge in [0.2, 0.25) is 5.91 Å². The molecule has 1 amide bonds. The minimum Gasteiger partial charge on any atom is -1.00 e. The summed E-state index contributed by atoms with van der Waals surface area (Å²) in [6.07, 6.45) is 6.60. The Morgan fingerprint density at radius 2 is 2.00 bits per heavy atom. The lowest BCUT2D eigenvalue weighted by molar-refractivity contribution is -0.388. The van der Waals surface area contributed by atoms with Crippen LogP contribution in [0.1, 0.15) is 44.5 Å². The Kier molecular flexibility index (Phi) is 8.72. The van der Waals surface area contributed by atoms with Crippen LogP contribution in [0.25, 0.3) is 11.3 Å². The Morgan fingerprint density at radius 3 is 2.79 bits per heavy atom. The van der Waals surface area contributed by atoms with Crippen LogP contribution in [0.3, 0.4) is 0 Å². The number of anilines is 1. The van der Waals surface area contributed by atoms with E-state index in [1.165, 1.54) is 12.8 Å². The molecule has 1 aliphatic heterocycles. The van der Waals surface area contributed by atoms with Gasteiger partial charge >= 0.3 is 0 Å². The summed E-state index contributed by atoms with van der Waals surface area (Å²) in [6.45, 7) is 5.51. The second-order valence-electron chi connectivity index (χ2n) is 8.19. The number of hydrogen-bond donors (Lipinski definition) is 2. The molecule has 2 aromatic heterocycles. The average Bonchev–Trinajstić information content (AvgIpc) is 3.27. The molecular weight excluding hydrogens is 440 g/mol. The first-order chi connectivity index (χ1) is 15.7. The number of nitrogens with one attached hydrogen (secondary N) is 3. The van der Waals surface area contributed by atoms with Gasteiger partial charge in [-0.25, -0.2) is 4.98 Å². The highest BCUT2D eigenvalue weighted by molar-refractivity contribution is 5.93. The van der Waals surface area contributed by atoms with Crippen molar-refractivity contribution < 1.29 is 31.7 Å². The number of benzene rings is 1. The molecule has 3 N–H and O–H groups in total. The molecular formula is C25H31ClN4O3. The Bertz CT molecular complexity index is 1070. The van der Waals surface area contributed by atoms with Crippen molar-refractivity contribution in [2.75, 3.05) is 18.5 Å². The zero-order valence-electron chi connectivity index (χ0n) is 19.1. The Balaban J connectivity index is 0.00000306. The smallest absolute Gasteiger partial charge is 0.234 e. The van der Waals surface area contributed by atoms with E-state index >= 15 is 0 Å². The normalized spacial score (nSPS) is 13.2. The van der Waals surface area contributed by atoms with Crippen LogP contribution in [0.15, 0.2) is 42.6 Å². The topological polar surface area (TPSA) is 90.4 Å². The summed E-state index contributed by atoms with van der Waals surface area (Å²) >= 11 is 0. The quantitative estimate of drug-likeness (QED) is 0.492. The van der Waals surface area contributed by atoms with Crippen molar-refractivity contribution in [3.63, 3.8) is 0 Å². The van der Waals surface area contributed by atoms with Gasteiger partial charge in [0.25, 0.3) is 0 Å². The van der Waals surface area contributed by atoms with Gasteiger partial charge in [-0.2, -0.15) is 5.10 Å². The number of fused-ring (bicyclic) bond motifs is 1. The van der Waals surface area contributed by atoms with Gasteiger partial charge in [-0.05, 0) is 36.6 Å². The number of hydrogen-bond acceptors (Lipinski definition) is 4.